The maximum atomic E-state index is 3.74. The van der Waals surface area contributed by atoms with Crippen LogP contribution in [0.15, 0.2) is 28.7 Å². The van der Waals surface area contributed by atoms with Crippen LogP contribution in [0.1, 0.15) is 44.2 Å². The van der Waals surface area contributed by atoms with Crippen molar-refractivity contribution in [2.45, 2.75) is 58.0 Å². The van der Waals surface area contributed by atoms with Crippen LogP contribution >= 0.6 is 15.9 Å². The zero-order valence-electron chi connectivity index (χ0n) is 12.9. The van der Waals surface area contributed by atoms with Gasteiger partial charge in [0, 0.05) is 33.7 Å². The molecule has 1 aromatic heterocycles. The van der Waals surface area contributed by atoms with Crippen LogP contribution in [0.5, 0.6) is 0 Å². The summed E-state index contributed by atoms with van der Waals surface area (Å²) in [5.41, 5.74) is 2.69. The standard InChI is InChI=1S/C18H25BrN2/c1-14-18(19)16-10-5-6-11-17(16)21(14)13-7-12-20-15-8-3-2-4-9-15/h5-6,10-11,15,20H,2-4,7-9,12-13H2,1H3. The summed E-state index contributed by atoms with van der Waals surface area (Å²) in [6.45, 7) is 4.44. The molecule has 1 saturated carbocycles. The molecule has 1 fully saturated rings. The molecule has 0 aliphatic heterocycles. The van der Waals surface area contributed by atoms with E-state index >= 15 is 0 Å². The lowest BCUT2D eigenvalue weighted by atomic mass is 9.95. The summed E-state index contributed by atoms with van der Waals surface area (Å²) in [5.74, 6) is 0. The lowest BCUT2D eigenvalue weighted by Gasteiger charge is -2.23. The van der Waals surface area contributed by atoms with Gasteiger partial charge in [-0.25, -0.2) is 0 Å². The molecular weight excluding hydrogens is 324 g/mol. The molecule has 114 valence electrons. The fraction of sp³-hybridized carbons (Fsp3) is 0.556. The third-order valence-corrected chi connectivity index (χ3v) is 5.75. The van der Waals surface area contributed by atoms with Crippen molar-refractivity contribution in [1.29, 1.82) is 0 Å². The average molecular weight is 349 g/mol. The number of nitrogens with one attached hydrogen (secondary N) is 1. The SMILES string of the molecule is Cc1c(Br)c2ccccc2n1CCCNC1CCCCC1. The second-order valence-electron chi connectivity index (χ2n) is 6.21. The molecule has 1 heterocycles. The first-order chi connectivity index (χ1) is 10.3. The van der Waals surface area contributed by atoms with Crippen molar-refractivity contribution >= 4 is 26.8 Å². The molecule has 0 atom stereocenters. The molecule has 0 radical (unpaired) electrons. The predicted molar refractivity (Wildman–Crippen MR) is 93.9 cm³/mol. The molecule has 1 N–H and O–H groups in total. The van der Waals surface area contributed by atoms with Gasteiger partial charge in [-0.3, -0.25) is 0 Å². The minimum Gasteiger partial charge on any atom is -0.344 e. The van der Waals surface area contributed by atoms with E-state index < -0.39 is 0 Å². The molecule has 1 aliphatic rings. The maximum absolute atomic E-state index is 3.74. The monoisotopic (exact) mass is 348 g/mol. The number of fused-ring (bicyclic) bond motifs is 1. The Balaban J connectivity index is 1.59. The Morgan fingerprint density at radius 1 is 1.19 bits per heavy atom. The fourth-order valence-corrected chi connectivity index (χ4v) is 4.08. The van der Waals surface area contributed by atoms with E-state index in [2.05, 4.69) is 57.0 Å². The number of nitrogens with zero attached hydrogens (tertiary/aromatic N) is 1. The third-order valence-electron chi connectivity index (χ3n) is 4.75. The average Bonchev–Trinajstić information content (AvgIpc) is 2.77. The van der Waals surface area contributed by atoms with Gasteiger partial charge in [0.15, 0.2) is 0 Å². The molecule has 1 aliphatic carbocycles. The highest BCUT2D eigenvalue weighted by molar-refractivity contribution is 9.10. The van der Waals surface area contributed by atoms with Crippen LogP contribution < -0.4 is 5.32 Å². The van der Waals surface area contributed by atoms with Crippen molar-refractivity contribution in [2.75, 3.05) is 6.54 Å². The third kappa shape index (κ3) is 3.35. The second kappa shape index (κ2) is 6.97. The van der Waals surface area contributed by atoms with Crippen molar-refractivity contribution in [3.8, 4) is 0 Å². The topological polar surface area (TPSA) is 17.0 Å². The van der Waals surface area contributed by atoms with E-state index in [0.29, 0.717) is 0 Å². The van der Waals surface area contributed by atoms with E-state index in [9.17, 15) is 0 Å². The molecule has 0 saturated heterocycles. The van der Waals surface area contributed by atoms with Crippen LogP contribution in [0.3, 0.4) is 0 Å². The Hall–Kier alpha value is -0.800. The van der Waals surface area contributed by atoms with Gasteiger partial charge in [0.1, 0.15) is 0 Å². The first-order valence-corrected chi connectivity index (χ1v) is 9.03. The van der Waals surface area contributed by atoms with Crippen molar-refractivity contribution in [1.82, 2.24) is 9.88 Å². The molecule has 1 aromatic carbocycles. The second-order valence-corrected chi connectivity index (χ2v) is 7.00. The number of halogens is 1. The van der Waals surface area contributed by atoms with Crippen molar-refractivity contribution in [3.05, 3.63) is 34.4 Å². The Labute approximate surface area is 136 Å². The number of hydrogen-bond acceptors (Lipinski definition) is 1. The van der Waals surface area contributed by atoms with E-state index in [0.717, 1.165) is 19.1 Å². The first-order valence-electron chi connectivity index (χ1n) is 8.24. The first kappa shape index (κ1) is 15.1. The Morgan fingerprint density at radius 3 is 2.76 bits per heavy atom. The Bertz CT molecular complexity index is 597. The van der Waals surface area contributed by atoms with E-state index in [4.69, 9.17) is 0 Å². The minimum atomic E-state index is 0.771. The molecule has 2 aromatic rings. The molecule has 0 spiro atoms. The number of aryl methyl sites for hydroxylation is 1. The maximum Gasteiger partial charge on any atom is 0.0494 e. The number of benzene rings is 1. The number of para-hydroxylation sites is 1. The van der Waals surface area contributed by atoms with Crippen LogP contribution in [0.2, 0.25) is 0 Å². The molecule has 3 heteroatoms. The van der Waals surface area contributed by atoms with Crippen molar-refractivity contribution in [3.63, 3.8) is 0 Å². The molecule has 21 heavy (non-hydrogen) atoms. The predicted octanol–water partition coefficient (Wildman–Crippen LogP) is 5.02. The van der Waals surface area contributed by atoms with Gasteiger partial charge in [0.25, 0.3) is 0 Å². The van der Waals surface area contributed by atoms with Gasteiger partial charge in [-0.15, -0.1) is 0 Å². The summed E-state index contributed by atoms with van der Waals surface area (Å²) >= 11 is 3.74. The van der Waals surface area contributed by atoms with E-state index in [-0.39, 0.29) is 0 Å². The molecule has 0 amide bonds. The molecule has 3 rings (SSSR count). The van der Waals surface area contributed by atoms with Crippen LogP contribution in [0.4, 0.5) is 0 Å². The van der Waals surface area contributed by atoms with Crippen LogP contribution in [-0.2, 0) is 6.54 Å². The summed E-state index contributed by atoms with van der Waals surface area (Å²) < 4.78 is 3.69. The van der Waals surface area contributed by atoms with Gasteiger partial charge in [-0.1, -0.05) is 37.5 Å². The number of aromatic nitrogens is 1. The van der Waals surface area contributed by atoms with Gasteiger partial charge in [-0.2, -0.15) is 0 Å². The zero-order valence-corrected chi connectivity index (χ0v) is 14.5. The van der Waals surface area contributed by atoms with Crippen molar-refractivity contribution < 1.29 is 0 Å². The highest BCUT2D eigenvalue weighted by Crippen LogP contribution is 2.30. The Morgan fingerprint density at radius 2 is 1.95 bits per heavy atom. The smallest absolute Gasteiger partial charge is 0.0494 e. The molecule has 0 unspecified atom stereocenters. The van der Waals surface area contributed by atoms with E-state index in [1.807, 2.05) is 0 Å². The normalized spacial score (nSPS) is 16.7. The van der Waals surface area contributed by atoms with Crippen LogP contribution in [-0.4, -0.2) is 17.2 Å². The lowest BCUT2D eigenvalue weighted by Crippen LogP contribution is -2.32. The quantitative estimate of drug-likeness (QED) is 0.750. The summed E-state index contributed by atoms with van der Waals surface area (Å²) in [7, 11) is 0. The van der Waals surface area contributed by atoms with E-state index in [1.54, 1.807) is 0 Å². The van der Waals surface area contributed by atoms with Crippen molar-refractivity contribution in [2.24, 2.45) is 0 Å². The largest absolute Gasteiger partial charge is 0.344 e. The van der Waals surface area contributed by atoms with E-state index in [1.165, 1.54) is 59.6 Å². The molecule has 0 bridgehead atoms. The summed E-state index contributed by atoms with van der Waals surface area (Å²) in [5, 5.41) is 5.07. The number of hydrogen-bond donors (Lipinski definition) is 1. The minimum absolute atomic E-state index is 0.771. The molecular formula is C18H25BrN2. The van der Waals surface area contributed by atoms with Crippen LogP contribution in [0, 0.1) is 6.92 Å². The number of rotatable bonds is 5. The Kier molecular flexibility index (Phi) is 5.02. The zero-order chi connectivity index (χ0) is 14.7. The van der Waals surface area contributed by atoms with Gasteiger partial charge in [0.2, 0.25) is 0 Å². The van der Waals surface area contributed by atoms with Gasteiger partial charge in [0.05, 0.1) is 0 Å². The fourth-order valence-electron chi connectivity index (χ4n) is 3.53. The van der Waals surface area contributed by atoms with Gasteiger partial charge >= 0.3 is 0 Å². The van der Waals surface area contributed by atoms with Crippen LogP contribution in [0.25, 0.3) is 10.9 Å². The highest BCUT2D eigenvalue weighted by Gasteiger charge is 2.13. The van der Waals surface area contributed by atoms with Gasteiger partial charge < -0.3 is 9.88 Å². The molecule has 2 nitrogen and oxygen atoms in total. The summed E-state index contributed by atoms with van der Waals surface area (Å²) in [6, 6.07) is 9.44. The summed E-state index contributed by atoms with van der Waals surface area (Å²) in [4.78, 5) is 0. The van der Waals surface area contributed by atoms with Gasteiger partial charge in [-0.05, 0) is 54.7 Å². The summed E-state index contributed by atoms with van der Waals surface area (Å²) in [6.07, 6.45) is 8.19. The lowest BCUT2D eigenvalue weighted by molar-refractivity contribution is 0.369. The highest BCUT2D eigenvalue weighted by atomic mass is 79.9.